The summed E-state index contributed by atoms with van der Waals surface area (Å²) in [4.78, 5) is 20.8. The second kappa shape index (κ2) is 5.82. The minimum atomic E-state index is -0.564. The third-order valence-corrected chi connectivity index (χ3v) is 1.93. The van der Waals surface area contributed by atoms with E-state index in [1.807, 2.05) is 0 Å². The SMILES string of the molecule is NCc1ccc(C(=O)OCC[N+](=O)[O-])cc1. The predicted molar refractivity (Wildman–Crippen MR) is 56.5 cm³/mol. The molecule has 2 N–H and O–H groups in total. The summed E-state index contributed by atoms with van der Waals surface area (Å²) >= 11 is 0. The van der Waals surface area contributed by atoms with Gasteiger partial charge in [-0.2, -0.15) is 0 Å². The fourth-order valence-electron chi connectivity index (χ4n) is 1.07. The van der Waals surface area contributed by atoms with Crippen molar-refractivity contribution in [2.24, 2.45) is 5.73 Å². The van der Waals surface area contributed by atoms with Crippen LogP contribution in [0.4, 0.5) is 0 Å². The average Bonchev–Trinajstić information content (AvgIpc) is 2.28. The minimum absolute atomic E-state index is 0.218. The maximum absolute atomic E-state index is 11.3. The molecular formula is C10H12N2O4. The van der Waals surface area contributed by atoms with Crippen molar-refractivity contribution in [3.05, 3.63) is 45.5 Å². The van der Waals surface area contributed by atoms with Crippen molar-refractivity contribution in [3.63, 3.8) is 0 Å². The Hall–Kier alpha value is -1.95. The zero-order chi connectivity index (χ0) is 12.0. The summed E-state index contributed by atoms with van der Waals surface area (Å²) < 4.78 is 4.70. The number of nitrogens with two attached hydrogens (primary N) is 1. The van der Waals surface area contributed by atoms with Crippen molar-refractivity contribution in [2.75, 3.05) is 13.2 Å². The zero-order valence-electron chi connectivity index (χ0n) is 8.59. The van der Waals surface area contributed by atoms with E-state index in [2.05, 4.69) is 0 Å². The van der Waals surface area contributed by atoms with Gasteiger partial charge >= 0.3 is 5.97 Å². The molecule has 0 radical (unpaired) electrons. The normalized spacial score (nSPS) is 9.81. The van der Waals surface area contributed by atoms with Crippen LogP contribution in [-0.4, -0.2) is 24.0 Å². The van der Waals surface area contributed by atoms with Crippen molar-refractivity contribution in [2.45, 2.75) is 6.54 Å². The van der Waals surface area contributed by atoms with E-state index in [-0.39, 0.29) is 13.2 Å². The number of rotatable bonds is 5. The van der Waals surface area contributed by atoms with Crippen LogP contribution in [0.5, 0.6) is 0 Å². The van der Waals surface area contributed by atoms with Crippen LogP contribution in [0.25, 0.3) is 0 Å². The molecule has 6 heteroatoms. The molecule has 0 unspecified atom stereocenters. The molecular weight excluding hydrogens is 212 g/mol. The topological polar surface area (TPSA) is 95.5 Å². The Balaban J connectivity index is 2.49. The number of benzene rings is 1. The molecule has 0 aliphatic rings. The summed E-state index contributed by atoms with van der Waals surface area (Å²) in [5.74, 6) is -0.564. The van der Waals surface area contributed by atoms with Crippen LogP contribution in [0, 0.1) is 10.1 Å². The van der Waals surface area contributed by atoms with Gasteiger partial charge in [0.1, 0.15) is 0 Å². The van der Waals surface area contributed by atoms with E-state index in [1.54, 1.807) is 24.3 Å². The number of carbonyl (C=O) groups is 1. The molecule has 1 rings (SSSR count). The van der Waals surface area contributed by atoms with E-state index in [0.29, 0.717) is 12.1 Å². The highest BCUT2D eigenvalue weighted by molar-refractivity contribution is 5.89. The summed E-state index contributed by atoms with van der Waals surface area (Å²) in [5, 5.41) is 10.0. The fraction of sp³-hybridized carbons (Fsp3) is 0.300. The molecule has 1 aromatic rings. The van der Waals surface area contributed by atoms with Gasteiger partial charge in [-0.05, 0) is 17.7 Å². The van der Waals surface area contributed by atoms with E-state index in [9.17, 15) is 14.9 Å². The lowest BCUT2D eigenvalue weighted by Crippen LogP contribution is -2.13. The summed E-state index contributed by atoms with van der Waals surface area (Å²) in [7, 11) is 0. The third kappa shape index (κ3) is 3.66. The van der Waals surface area contributed by atoms with Crippen molar-refractivity contribution >= 4 is 5.97 Å². The number of ether oxygens (including phenoxy) is 1. The Morgan fingerprint density at radius 2 is 2.00 bits per heavy atom. The van der Waals surface area contributed by atoms with Crippen molar-refractivity contribution in [3.8, 4) is 0 Å². The Bertz CT molecular complexity index is 375. The van der Waals surface area contributed by atoms with Crippen LogP contribution in [0.15, 0.2) is 24.3 Å². The number of nitrogens with zero attached hydrogens (tertiary/aromatic N) is 1. The van der Waals surface area contributed by atoms with Crippen LogP contribution in [-0.2, 0) is 11.3 Å². The molecule has 0 amide bonds. The van der Waals surface area contributed by atoms with Crippen LogP contribution in [0.3, 0.4) is 0 Å². The first kappa shape index (κ1) is 12.1. The lowest BCUT2D eigenvalue weighted by molar-refractivity contribution is -0.482. The van der Waals surface area contributed by atoms with Crippen LogP contribution in [0.1, 0.15) is 15.9 Å². The van der Waals surface area contributed by atoms with Gasteiger partial charge in [0, 0.05) is 11.5 Å². The van der Waals surface area contributed by atoms with Gasteiger partial charge in [0.2, 0.25) is 6.54 Å². The lowest BCUT2D eigenvalue weighted by Gasteiger charge is -2.02. The number of hydrogen-bond donors (Lipinski definition) is 1. The van der Waals surface area contributed by atoms with E-state index < -0.39 is 10.9 Å². The first-order valence-corrected chi connectivity index (χ1v) is 4.71. The summed E-state index contributed by atoms with van der Waals surface area (Å²) in [6, 6.07) is 6.58. The van der Waals surface area contributed by atoms with E-state index in [4.69, 9.17) is 10.5 Å². The second-order valence-electron chi connectivity index (χ2n) is 3.09. The van der Waals surface area contributed by atoms with Gasteiger partial charge in [-0.25, -0.2) is 4.79 Å². The molecule has 0 fully saturated rings. The first-order valence-electron chi connectivity index (χ1n) is 4.71. The van der Waals surface area contributed by atoms with E-state index in [0.717, 1.165) is 5.56 Å². The van der Waals surface area contributed by atoms with Crippen LogP contribution in [0.2, 0.25) is 0 Å². The molecule has 0 bridgehead atoms. The highest BCUT2D eigenvalue weighted by Crippen LogP contribution is 2.05. The van der Waals surface area contributed by atoms with E-state index >= 15 is 0 Å². The highest BCUT2D eigenvalue weighted by atomic mass is 16.6. The molecule has 6 nitrogen and oxygen atoms in total. The molecule has 0 spiro atoms. The third-order valence-electron chi connectivity index (χ3n) is 1.93. The standard InChI is InChI=1S/C10H12N2O4/c11-7-8-1-3-9(4-2-8)10(13)16-6-5-12(14)15/h1-4H,5-7,11H2. The molecule has 0 saturated heterocycles. The quantitative estimate of drug-likeness (QED) is 0.448. The van der Waals surface area contributed by atoms with Gasteiger partial charge in [-0.3, -0.25) is 10.1 Å². The molecule has 0 saturated carbocycles. The van der Waals surface area contributed by atoms with Gasteiger partial charge in [-0.15, -0.1) is 0 Å². The number of hydrogen-bond acceptors (Lipinski definition) is 5. The van der Waals surface area contributed by atoms with Gasteiger partial charge in [-0.1, -0.05) is 12.1 Å². The van der Waals surface area contributed by atoms with Crippen molar-refractivity contribution < 1.29 is 14.5 Å². The first-order chi connectivity index (χ1) is 7.63. The molecule has 0 aliphatic heterocycles. The molecule has 16 heavy (non-hydrogen) atoms. The van der Waals surface area contributed by atoms with Crippen molar-refractivity contribution in [1.29, 1.82) is 0 Å². The minimum Gasteiger partial charge on any atom is -0.455 e. The molecule has 0 heterocycles. The van der Waals surface area contributed by atoms with Gasteiger partial charge in [0.15, 0.2) is 6.61 Å². The largest absolute Gasteiger partial charge is 0.455 e. The van der Waals surface area contributed by atoms with Crippen LogP contribution >= 0.6 is 0 Å². The van der Waals surface area contributed by atoms with Gasteiger partial charge in [0.05, 0.1) is 5.56 Å². The Morgan fingerprint density at radius 1 is 1.38 bits per heavy atom. The van der Waals surface area contributed by atoms with E-state index in [1.165, 1.54) is 0 Å². The summed E-state index contributed by atoms with van der Waals surface area (Å²) in [6.07, 6.45) is 0. The number of nitro groups is 1. The fourth-order valence-corrected chi connectivity index (χ4v) is 1.07. The molecule has 0 atom stereocenters. The Kier molecular flexibility index (Phi) is 4.41. The number of carbonyl (C=O) groups excluding carboxylic acids is 1. The Morgan fingerprint density at radius 3 is 2.50 bits per heavy atom. The van der Waals surface area contributed by atoms with Gasteiger partial charge < -0.3 is 10.5 Å². The Labute approximate surface area is 92.2 Å². The van der Waals surface area contributed by atoms with Gasteiger partial charge in [0.25, 0.3) is 0 Å². The summed E-state index contributed by atoms with van der Waals surface area (Å²) in [6.45, 7) is -0.201. The second-order valence-corrected chi connectivity index (χ2v) is 3.09. The lowest BCUT2D eigenvalue weighted by atomic mass is 10.1. The predicted octanol–water partition coefficient (Wildman–Crippen LogP) is 0.579. The molecule has 0 aromatic heterocycles. The molecule has 86 valence electrons. The zero-order valence-corrected chi connectivity index (χ0v) is 8.59. The number of esters is 1. The maximum Gasteiger partial charge on any atom is 0.338 e. The van der Waals surface area contributed by atoms with Crippen LogP contribution < -0.4 is 5.73 Å². The average molecular weight is 224 g/mol. The molecule has 1 aromatic carbocycles. The monoisotopic (exact) mass is 224 g/mol. The maximum atomic E-state index is 11.3. The smallest absolute Gasteiger partial charge is 0.338 e. The van der Waals surface area contributed by atoms with Crippen molar-refractivity contribution in [1.82, 2.24) is 0 Å². The summed E-state index contributed by atoms with van der Waals surface area (Å²) in [5.41, 5.74) is 6.66. The highest BCUT2D eigenvalue weighted by Gasteiger charge is 2.08. The molecule has 0 aliphatic carbocycles.